The molecule has 1 saturated heterocycles. The van der Waals surface area contributed by atoms with E-state index < -0.39 is 0 Å². The van der Waals surface area contributed by atoms with Crippen LogP contribution in [0.1, 0.15) is 39.5 Å². The van der Waals surface area contributed by atoms with Gasteiger partial charge in [-0.1, -0.05) is 12.8 Å². The monoisotopic (exact) mass is 227 g/mol. The van der Waals surface area contributed by atoms with E-state index in [1.807, 2.05) is 0 Å². The average molecular weight is 227 g/mol. The van der Waals surface area contributed by atoms with Gasteiger partial charge in [0.05, 0.1) is 13.2 Å². The molecule has 2 aliphatic rings. The Morgan fingerprint density at radius 2 is 1.94 bits per heavy atom. The summed E-state index contributed by atoms with van der Waals surface area (Å²) >= 11 is 0. The smallest absolute Gasteiger partial charge is 0.0645 e. The maximum absolute atomic E-state index is 9.66. The van der Waals surface area contributed by atoms with Crippen molar-refractivity contribution in [1.82, 2.24) is 4.90 Å². The van der Waals surface area contributed by atoms with E-state index >= 15 is 0 Å². The van der Waals surface area contributed by atoms with E-state index in [1.54, 1.807) is 0 Å². The van der Waals surface area contributed by atoms with Crippen molar-refractivity contribution in [3.8, 4) is 0 Å². The van der Waals surface area contributed by atoms with E-state index in [0.717, 1.165) is 26.3 Å². The Hall–Kier alpha value is -0.120. The van der Waals surface area contributed by atoms with Gasteiger partial charge in [0, 0.05) is 30.7 Å². The molecule has 0 bridgehead atoms. The van der Waals surface area contributed by atoms with Crippen molar-refractivity contribution in [2.45, 2.75) is 45.1 Å². The number of rotatable bonds is 3. The Morgan fingerprint density at radius 1 is 1.25 bits per heavy atom. The van der Waals surface area contributed by atoms with Crippen LogP contribution < -0.4 is 0 Å². The van der Waals surface area contributed by atoms with Crippen molar-refractivity contribution in [1.29, 1.82) is 0 Å². The molecule has 0 aromatic carbocycles. The Balaban J connectivity index is 2.01. The minimum absolute atomic E-state index is 0.128. The van der Waals surface area contributed by atoms with Crippen molar-refractivity contribution in [3.05, 3.63) is 0 Å². The summed E-state index contributed by atoms with van der Waals surface area (Å²) in [5.41, 5.74) is 0.303. The lowest BCUT2D eigenvalue weighted by Gasteiger charge is -2.46. The summed E-state index contributed by atoms with van der Waals surface area (Å²) in [5.74, 6) is 0. The van der Waals surface area contributed by atoms with Crippen LogP contribution in [0.2, 0.25) is 0 Å². The van der Waals surface area contributed by atoms with Crippen LogP contribution >= 0.6 is 0 Å². The van der Waals surface area contributed by atoms with Crippen LogP contribution in [0, 0.1) is 5.41 Å². The van der Waals surface area contributed by atoms with Crippen LogP contribution in [-0.4, -0.2) is 48.5 Å². The molecule has 16 heavy (non-hydrogen) atoms. The van der Waals surface area contributed by atoms with Crippen molar-refractivity contribution in [2.24, 2.45) is 5.41 Å². The number of aliphatic hydroxyl groups excluding tert-OH is 1. The molecule has 94 valence electrons. The van der Waals surface area contributed by atoms with Crippen molar-refractivity contribution >= 4 is 0 Å². The number of aliphatic hydroxyl groups is 1. The summed E-state index contributed by atoms with van der Waals surface area (Å²) in [6, 6.07) is 0. The number of hydrogen-bond donors (Lipinski definition) is 1. The summed E-state index contributed by atoms with van der Waals surface area (Å²) in [5, 5.41) is 9.66. The third kappa shape index (κ3) is 2.41. The molecule has 0 spiro atoms. The lowest BCUT2D eigenvalue weighted by atomic mass is 9.85. The van der Waals surface area contributed by atoms with Crippen LogP contribution in [0.5, 0.6) is 0 Å². The summed E-state index contributed by atoms with van der Waals surface area (Å²) in [6.45, 7) is 8.53. The minimum atomic E-state index is 0.128. The van der Waals surface area contributed by atoms with Crippen LogP contribution in [-0.2, 0) is 4.74 Å². The van der Waals surface area contributed by atoms with Crippen molar-refractivity contribution < 1.29 is 9.84 Å². The fourth-order valence-corrected chi connectivity index (χ4v) is 3.08. The molecule has 1 aliphatic carbocycles. The van der Waals surface area contributed by atoms with Gasteiger partial charge < -0.3 is 9.84 Å². The van der Waals surface area contributed by atoms with Crippen LogP contribution in [0.4, 0.5) is 0 Å². The summed E-state index contributed by atoms with van der Waals surface area (Å²) in [6.07, 6.45) is 4.95. The van der Waals surface area contributed by atoms with Gasteiger partial charge >= 0.3 is 0 Å². The maximum Gasteiger partial charge on any atom is 0.0645 e. The number of ether oxygens (including phenoxy) is 1. The van der Waals surface area contributed by atoms with Crippen molar-refractivity contribution in [2.75, 3.05) is 32.9 Å². The molecule has 2 rings (SSSR count). The van der Waals surface area contributed by atoms with Gasteiger partial charge in [-0.3, -0.25) is 4.90 Å². The van der Waals surface area contributed by atoms with E-state index in [4.69, 9.17) is 4.74 Å². The molecule has 1 heterocycles. The number of morpholine rings is 1. The van der Waals surface area contributed by atoms with Gasteiger partial charge in [0.2, 0.25) is 0 Å². The van der Waals surface area contributed by atoms with Gasteiger partial charge in [-0.2, -0.15) is 0 Å². The van der Waals surface area contributed by atoms with E-state index in [9.17, 15) is 5.11 Å². The van der Waals surface area contributed by atoms with Crippen LogP contribution in [0.15, 0.2) is 0 Å². The SMILES string of the molecule is CC1(C)COCCN1CC1(CO)CCCC1. The molecule has 0 unspecified atom stereocenters. The highest BCUT2D eigenvalue weighted by Crippen LogP contribution is 2.39. The second kappa shape index (κ2) is 4.63. The molecule has 1 aliphatic heterocycles. The predicted octanol–water partition coefficient (Wildman–Crippen LogP) is 1.65. The number of nitrogens with zero attached hydrogens (tertiary/aromatic N) is 1. The second-order valence-electron chi connectivity index (χ2n) is 6.15. The zero-order chi connectivity index (χ0) is 11.6. The molecule has 3 nitrogen and oxygen atoms in total. The molecule has 0 radical (unpaired) electrons. The standard InChI is InChI=1S/C13H25NO2/c1-12(2)11-16-8-7-14(12)9-13(10-15)5-3-4-6-13/h15H,3-11H2,1-2H3. The summed E-state index contributed by atoms with van der Waals surface area (Å²) < 4.78 is 5.54. The molecular weight excluding hydrogens is 202 g/mol. The lowest BCUT2D eigenvalue weighted by molar-refractivity contribution is -0.0739. The first kappa shape index (κ1) is 12.3. The topological polar surface area (TPSA) is 32.7 Å². The fraction of sp³-hybridized carbons (Fsp3) is 1.00. The molecule has 0 amide bonds. The first-order valence-corrected chi connectivity index (χ1v) is 6.52. The van der Waals surface area contributed by atoms with Crippen LogP contribution in [0.25, 0.3) is 0 Å². The zero-order valence-electron chi connectivity index (χ0n) is 10.7. The van der Waals surface area contributed by atoms with Gasteiger partial charge in [0.25, 0.3) is 0 Å². The average Bonchev–Trinajstić information content (AvgIpc) is 2.71. The van der Waals surface area contributed by atoms with E-state index in [-0.39, 0.29) is 11.0 Å². The van der Waals surface area contributed by atoms with E-state index in [0.29, 0.717) is 6.61 Å². The molecule has 2 fully saturated rings. The zero-order valence-corrected chi connectivity index (χ0v) is 10.7. The third-order valence-electron chi connectivity index (χ3n) is 4.34. The van der Waals surface area contributed by atoms with Gasteiger partial charge in [-0.15, -0.1) is 0 Å². The highest BCUT2D eigenvalue weighted by molar-refractivity contribution is 4.93. The van der Waals surface area contributed by atoms with Gasteiger partial charge in [0.1, 0.15) is 0 Å². The maximum atomic E-state index is 9.66. The third-order valence-corrected chi connectivity index (χ3v) is 4.34. The number of hydrogen-bond acceptors (Lipinski definition) is 3. The molecule has 1 N–H and O–H groups in total. The first-order valence-electron chi connectivity index (χ1n) is 6.52. The van der Waals surface area contributed by atoms with Gasteiger partial charge in [0.15, 0.2) is 0 Å². The Bertz CT molecular complexity index is 234. The molecule has 0 aromatic heterocycles. The van der Waals surface area contributed by atoms with E-state index in [1.165, 1.54) is 25.7 Å². The minimum Gasteiger partial charge on any atom is -0.396 e. The van der Waals surface area contributed by atoms with E-state index in [2.05, 4.69) is 18.7 Å². The molecular formula is C13H25NO2. The predicted molar refractivity (Wildman–Crippen MR) is 64.5 cm³/mol. The Labute approximate surface area is 98.8 Å². The highest BCUT2D eigenvalue weighted by Gasteiger charge is 2.40. The first-order chi connectivity index (χ1) is 7.58. The van der Waals surface area contributed by atoms with Crippen molar-refractivity contribution in [3.63, 3.8) is 0 Å². The van der Waals surface area contributed by atoms with Gasteiger partial charge in [-0.25, -0.2) is 0 Å². The fourth-order valence-electron chi connectivity index (χ4n) is 3.08. The Kier molecular flexibility index (Phi) is 3.57. The molecule has 0 atom stereocenters. The Morgan fingerprint density at radius 3 is 2.50 bits per heavy atom. The van der Waals surface area contributed by atoms with Crippen LogP contribution in [0.3, 0.4) is 0 Å². The lowest BCUT2D eigenvalue weighted by Crippen LogP contribution is -2.56. The second-order valence-corrected chi connectivity index (χ2v) is 6.15. The normalized spacial score (nSPS) is 29.4. The van der Waals surface area contributed by atoms with Gasteiger partial charge in [-0.05, 0) is 26.7 Å². The quantitative estimate of drug-likeness (QED) is 0.796. The molecule has 1 saturated carbocycles. The molecule has 3 heteroatoms. The largest absolute Gasteiger partial charge is 0.396 e. The summed E-state index contributed by atoms with van der Waals surface area (Å²) in [7, 11) is 0. The summed E-state index contributed by atoms with van der Waals surface area (Å²) in [4.78, 5) is 2.51. The molecule has 0 aromatic rings. The highest BCUT2D eigenvalue weighted by atomic mass is 16.5.